The first-order chi connectivity index (χ1) is 15.6. The number of anilines is 2. The molecule has 2 rings (SSSR count). The summed E-state index contributed by atoms with van der Waals surface area (Å²) in [6, 6.07) is 2.62. The number of hydrogen-bond donors (Lipinski definition) is 2. The number of nitrogens with two attached hydrogens (primary N) is 1. The summed E-state index contributed by atoms with van der Waals surface area (Å²) in [6.07, 6.45) is 0. The highest BCUT2D eigenvalue weighted by Crippen LogP contribution is 2.34. The minimum Gasteiger partial charge on any atom is -0.496 e. The lowest BCUT2D eigenvalue weighted by molar-refractivity contribution is -0.119. The summed E-state index contributed by atoms with van der Waals surface area (Å²) in [7, 11) is 1.34. The zero-order valence-corrected chi connectivity index (χ0v) is 20.0. The minimum absolute atomic E-state index is 0.0201. The average molecular weight is 499 g/mol. The van der Waals surface area contributed by atoms with Crippen LogP contribution in [0.3, 0.4) is 0 Å². The third kappa shape index (κ3) is 6.14. The van der Waals surface area contributed by atoms with Crippen molar-refractivity contribution >= 4 is 57.4 Å². The fraction of sp³-hybridized carbons (Fsp3) is 0.333. The van der Waals surface area contributed by atoms with Crippen LogP contribution in [0.1, 0.15) is 49.8 Å². The predicted molar refractivity (Wildman–Crippen MR) is 122 cm³/mol. The number of thiophene rings is 1. The summed E-state index contributed by atoms with van der Waals surface area (Å²) >= 11 is 6.80. The molecule has 0 saturated heterocycles. The molecule has 0 fully saturated rings. The number of amides is 1. The van der Waals surface area contributed by atoms with Crippen LogP contribution in [0.15, 0.2) is 12.1 Å². The van der Waals surface area contributed by atoms with Gasteiger partial charge >= 0.3 is 17.9 Å². The van der Waals surface area contributed by atoms with Crippen LogP contribution in [0.2, 0.25) is 5.02 Å². The van der Waals surface area contributed by atoms with E-state index in [2.05, 4.69) is 5.32 Å². The zero-order valence-electron chi connectivity index (χ0n) is 18.4. The lowest BCUT2D eigenvalue weighted by atomic mass is 10.1. The number of carbonyl (C=O) groups is 4. The topological polar surface area (TPSA) is 143 Å². The van der Waals surface area contributed by atoms with Crippen LogP contribution in [-0.2, 0) is 19.0 Å². The number of halogens is 1. The van der Waals surface area contributed by atoms with E-state index in [0.717, 1.165) is 11.3 Å². The smallest absolute Gasteiger partial charge is 0.348 e. The molecule has 10 nitrogen and oxygen atoms in total. The Kier molecular flexibility index (Phi) is 9.06. The maximum atomic E-state index is 12.4. The summed E-state index contributed by atoms with van der Waals surface area (Å²) in [6.45, 7) is 4.37. The van der Waals surface area contributed by atoms with Gasteiger partial charge in [-0.05, 0) is 32.4 Å². The molecule has 1 aromatic heterocycles. The Bertz CT molecular complexity index is 1080. The number of ether oxygens (including phenoxy) is 4. The fourth-order valence-corrected chi connectivity index (χ4v) is 3.98. The molecule has 33 heavy (non-hydrogen) atoms. The van der Waals surface area contributed by atoms with E-state index in [-0.39, 0.29) is 50.7 Å². The number of benzene rings is 1. The third-order valence-corrected chi connectivity index (χ3v) is 5.73. The highest BCUT2D eigenvalue weighted by Gasteiger charge is 2.27. The van der Waals surface area contributed by atoms with E-state index in [0.29, 0.717) is 5.56 Å². The van der Waals surface area contributed by atoms with Crippen LogP contribution in [0.5, 0.6) is 5.75 Å². The molecule has 0 aliphatic carbocycles. The second-order valence-corrected chi connectivity index (χ2v) is 7.83. The van der Waals surface area contributed by atoms with Crippen molar-refractivity contribution in [1.82, 2.24) is 0 Å². The van der Waals surface area contributed by atoms with Crippen LogP contribution < -0.4 is 15.8 Å². The first kappa shape index (κ1) is 25.9. The van der Waals surface area contributed by atoms with Gasteiger partial charge in [0.2, 0.25) is 0 Å². The van der Waals surface area contributed by atoms with Crippen molar-refractivity contribution in [1.29, 1.82) is 0 Å². The molecule has 12 heteroatoms. The largest absolute Gasteiger partial charge is 0.496 e. The van der Waals surface area contributed by atoms with Gasteiger partial charge in [-0.2, -0.15) is 0 Å². The van der Waals surface area contributed by atoms with Crippen LogP contribution in [0, 0.1) is 6.92 Å². The number of rotatable bonds is 9. The average Bonchev–Trinajstić information content (AvgIpc) is 3.09. The zero-order chi connectivity index (χ0) is 24.7. The molecule has 0 atom stereocenters. The Morgan fingerprint density at radius 2 is 1.67 bits per heavy atom. The van der Waals surface area contributed by atoms with Gasteiger partial charge in [-0.15, -0.1) is 11.3 Å². The van der Waals surface area contributed by atoms with Crippen LogP contribution in [-0.4, -0.2) is 50.7 Å². The quantitative estimate of drug-likeness (QED) is 0.301. The first-order valence-electron chi connectivity index (χ1n) is 9.72. The molecule has 3 N–H and O–H groups in total. The van der Waals surface area contributed by atoms with E-state index < -0.39 is 30.4 Å². The van der Waals surface area contributed by atoms with Crippen molar-refractivity contribution < 1.29 is 38.1 Å². The van der Waals surface area contributed by atoms with E-state index in [4.69, 9.17) is 36.3 Å². The van der Waals surface area contributed by atoms with Gasteiger partial charge in [0, 0.05) is 6.07 Å². The number of methoxy groups -OCH3 is 1. The minimum atomic E-state index is -0.871. The van der Waals surface area contributed by atoms with Crippen molar-refractivity contribution in [3.05, 3.63) is 38.7 Å². The number of esters is 3. The molecular weight excluding hydrogens is 476 g/mol. The summed E-state index contributed by atoms with van der Waals surface area (Å²) in [5.41, 5.74) is 6.21. The second-order valence-electron chi connectivity index (χ2n) is 6.40. The lowest BCUT2D eigenvalue weighted by Gasteiger charge is -2.11. The SMILES string of the molecule is CCOC(=O)c1sc(NC(=O)COC(=O)c2cc(Cl)c(N)cc2OC)c(C(=O)OCC)c1C. The molecule has 0 saturated carbocycles. The van der Waals surface area contributed by atoms with Gasteiger partial charge in [0.15, 0.2) is 6.61 Å². The van der Waals surface area contributed by atoms with Gasteiger partial charge in [-0.3, -0.25) is 4.79 Å². The Morgan fingerprint density at radius 3 is 2.27 bits per heavy atom. The normalized spacial score (nSPS) is 10.3. The van der Waals surface area contributed by atoms with E-state index >= 15 is 0 Å². The fourth-order valence-electron chi connectivity index (χ4n) is 2.71. The van der Waals surface area contributed by atoms with Crippen LogP contribution >= 0.6 is 22.9 Å². The highest BCUT2D eigenvalue weighted by atomic mass is 35.5. The predicted octanol–water partition coefficient (Wildman–Crippen LogP) is 3.45. The van der Waals surface area contributed by atoms with Gasteiger partial charge in [-0.1, -0.05) is 11.6 Å². The number of carbonyl (C=O) groups excluding carboxylic acids is 4. The van der Waals surface area contributed by atoms with Gasteiger partial charge in [0.25, 0.3) is 5.91 Å². The maximum absolute atomic E-state index is 12.4. The van der Waals surface area contributed by atoms with Crippen molar-refractivity contribution in [3.8, 4) is 5.75 Å². The molecule has 0 unspecified atom stereocenters. The lowest BCUT2D eigenvalue weighted by Crippen LogP contribution is -2.22. The summed E-state index contributed by atoms with van der Waals surface area (Å²) in [4.78, 5) is 49.6. The van der Waals surface area contributed by atoms with Crippen LogP contribution in [0.25, 0.3) is 0 Å². The van der Waals surface area contributed by atoms with Gasteiger partial charge in [0.05, 0.1) is 36.6 Å². The molecule has 178 valence electrons. The standard InChI is InChI=1S/C21H23ClN2O8S/c1-5-30-20(27)16-10(3)17(21(28)31-6-2)33-18(16)24-15(25)9-32-19(26)11-7-12(22)13(23)8-14(11)29-4/h7-8H,5-6,9,23H2,1-4H3,(H,24,25). The molecule has 1 amide bonds. The molecule has 2 aromatic rings. The van der Waals surface area contributed by atoms with Crippen molar-refractivity contribution in [3.63, 3.8) is 0 Å². The number of nitrogens with one attached hydrogen (secondary N) is 1. The van der Waals surface area contributed by atoms with E-state index in [1.165, 1.54) is 19.2 Å². The molecular formula is C21H23ClN2O8S. The van der Waals surface area contributed by atoms with E-state index in [1.807, 2.05) is 0 Å². The van der Waals surface area contributed by atoms with Crippen LogP contribution in [0.4, 0.5) is 10.7 Å². The monoisotopic (exact) mass is 498 g/mol. The summed E-state index contributed by atoms with van der Waals surface area (Å²) in [5, 5.41) is 2.67. The first-order valence-corrected chi connectivity index (χ1v) is 10.9. The number of hydrogen-bond acceptors (Lipinski definition) is 10. The van der Waals surface area contributed by atoms with Crippen molar-refractivity contribution in [2.75, 3.05) is 38.0 Å². The molecule has 0 aliphatic heterocycles. The molecule has 0 spiro atoms. The Labute approximate surface area is 198 Å². The third-order valence-electron chi connectivity index (χ3n) is 4.21. The molecule has 1 aromatic carbocycles. The molecule has 0 bridgehead atoms. The molecule has 1 heterocycles. The van der Waals surface area contributed by atoms with Gasteiger partial charge in [-0.25, -0.2) is 14.4 Å². The van der Waals surface area contributed by atoms with E-state index in [9.17, 15) is 19.2 Å². The van der Waals surface area contributed by atoms with E-state index in [1.54, 1.807) is 20.8 Å². The summed E-state index contributed by atoms with van der Waals surface area (Å²) in [5.74, 6) is -2.84. The summed E-state index contributed by atoms with van der Waals surface area (Å²) < 4.78 is 20.2. The second kappa shape index (κ2) is 11.5. The van der Waals surface area contributed by atoms with Gasteiger partial charge < -0.3 is 30.0 Å². The molecule has 0 radical (unpaired) electrons. The van der Waals surface area contributed by atoms with Crippen molar-refractivity contribution in [2.24, 2.45) is 0 Å². The maximum Gasteiger partial charge on any atom is 0.348 e. The Hall–Kier alpha value is -3.31. The number of nitrogen functional groups attached to an aromatic ring is 1. The Balaban J connectivity index is 2.20. The molecule has 0 aliphatic rings. The Morgan fingerprint density at radius 1 is 1.03 bits per heavy atom. The highest BCUT2D eigenvalue weighted by molar-refractivity contribution is 7.18. The van der Waals surface area contributed by atoms with Gasteiger partial charge in [0.1, 0.15) is 21.2 Å². The van der Waals surface area contributed by atoms with Crippen molar-refractivity contribution in [2.45, 2.75) is 20.8 Å².